The summed E-state index contributed by atoms with van der Waals surface area (Å²) >= 11 is 0. The van der Waals surface area contributed by atoms with Crippen molar-refractivity contribution in [1.29, 1.82) is 0 Å². The second-order valence-corrected chi connectivity index (χ2v) is 8.11. The van der Waals surface area contributed by atoms with Crippen LogP contribution in [0.25, 0.3) is 0 Å². The molecule has 0 aromatic carbocycles. The summed E-state index contributed by atoms with van der Waals surface area (Å²) in [5.41, 5.74) is -0.0902. The van der Waals surface area contributed by atoms with Crippen LogP contribution in [0.4, 0.5) is 4.79 Å². The van der Waals surface area contributed by atoms with Gasteiger partial charge >= 0.3 is 6.09 Å². The van der Waals surface area contributed by atoms with Gasteiger partial charge in [-0.1, -0.05) is 20.8 Å². The van der Waals surface area contributed by atoms with Crippen LogP contribution in [0.2, 0.25) is 0 Å². The summed E-state index contributed by atoms with van der Waals surface area (Å²) in [6.07, 6.45) is 5.29. The number of alkyl carbamates (subject to hydrolysis) is 1. The molecule has 2 unspecified atom stereocenters. The third kappa shape index (κ3) is 7.70. The highest BCUT2D eigenvalue weighted by molar-refractivity contribution is 5.68. The summed E-state index contributed by atoms with van der Waals surface area (Å²) in [7, 11) is 0. The molecule has 4 heteroatoms. The van der Waals surface area contributed by atoms with Gasteiger partial charge < -0.3 is 15.4 Å². The molecule has 0 heterocycles. The van der Waals surface area contributed by atoms with Crippen LogP contribution in [0, 0.1) is 5.41 Å². The molecular formula is C17H34N2O2. The Morgan fingerprint density at radius 1 is 1.14 bits per heavy atom. The van der Waals surface area contributed by atoms with Gasteiger partial charge in [-0.15, -0.1) is 0 Å². The lowest BCUT2D eigenvalue weighted by Crippen LogP contribution is -2.47. The van der Waals surface area contributed by atoms with Crippen LogP contribution in [-0.2, 0) is 4.74 Å². The largest absolute Gasteiger partial charge is 0.444 e. The van der Waals surface area contributed by atoms with E-state index in [9.17, 15) is 4.79 Å². The highest BCUT2D eigenvalue weighted by Crippen LogP contribution is 2.22. The Balaban J connectivity index is 2.37. The van der Waals surface area contributed by atoms with Gasteiger partial charge in [0.15, 0.2) is 0 Å². The number of hydrogen-bond donors (Lipinski definition) is 2. The number of hydrogen-bond acceptors (Lipinski definition) is 3. The number of carbonyl (C=O) groups is 1. The van der Waals surface area contributed by atoms with E-state index >= 15 is 0 Å². The van der Waals surface area contributed by atoms with Gasteiger partial charge in [-0.3, -0.25) is 0 Å². The van der Waals surface area contributed by atoms with E-state index in [-0.39, 0.29) is 12.1 Å². The van der Waals surface area contributed by atoms with Crippen molar-refractivity contribution in [3.05, 3.63) is 0 Å². The topological polar surface area (TPSA) is 50.4 Å². The second-order valence-electron chi connectivity index (χ2n) is 8.11. The molecule has 0 saturated heterocycles. The number of carbonyl (C=O) groups excluding carboxylic acids is 1. The summed E-state index contributed by atoms with van der Waals surface area (Å²) in [5.74, 6) is 0. The number of rotatable bonds is 5. The summed E-state index contributed by atoms with van der Waals surface area (Å²) in [6.45, 7) is 13.5. The maximum Gasteiger partial charge on any atom is 0.407 e. The Bertz CT molecular complexity index is 334. The predicted molar refractivity (Wildman–Crippen MR) is 87.5 cm³/mol. The lowest BCUT2D eigenvalue weighted by Gasteiger charge is -2.33. The van der Waals surface area contributed by atoms with Crippen molar-refractivity contribution in [2.45, 2.75) is 91.3 Å². The van der Waals surface area contributed by atoms with E-state index in [0.29, 0.717) is 11.5 Å². The van der Waals surface area contributed by atoms with Gasteiger partial charge in [0.1, 0.15) is 5.60 Å². The third-order valence-corrected chi connectivity index (χ3v) is 4.22. The predicted octanol–water partition coefficient (Wildman–Crippen LogP) is 3.85. The van der Waals surface area contributed by atoms with E-state index < -0.39 is 5.60 Å². The fraction of sp³-hybridized carbons (Fsp3) is 0.941. The minimum atomic E-state index is -0.429. The molecule has 1 fully saturated rings. The maximum atomic E-state index is 11.8. The smallest absolute Gasteiger partial charge is 0.407 e. The van der Waals surface area contributed by atoms with Crippen LogP contribution in [0.15, 0.2) is 0 Å². The lowest BCUT2D eigenvalue weighted by atomic mass is 9.87. The van der Waals surface area contributed by atoms with Gasteiger partial charge in [0.05, 0.1) is 0 Å². The van der Waals surface area contributed by atoms with Crippen LogP contribution >= 0.6 is 0 Å². The average Bonchev–Trinajstić information content (AvgIpc) is 2.34. The monoisotopic (exact) mass is 298 g/mol. The van der Waals surface area contributed by atoms with Gasteiger partial charge in [0.2, 0.25) is 0 Å². The number of ether oxygens (including phenoxy) is 1. The van der Waals surface area contributed by atoms with Crippen molar-refractivity contribution in [1.82, 2.24) is 10.6 Å². The molecule has 0 bridgehead atoms. The Morgan fingerprint density at radius 3 is 2.33 bits per heavy atom. The molecule has 0 aromatic heterocycles. The first-order valence-electron chi connectivity index (χ1n) is 8.34. The van der Waals surface area contributed by atoms with Crippen LogP contribution in [0.3, 0.4) is 0 Å². The fourth-order valence-electron chi connectivity index (χ4n) is 2.53. The molecule has 0 spiro atoms. The number of nitrogens with one attached hydrogen (secondary N) is 2. The molecule has 1 saturated carbocycles. The highest BCUT2D eigenvalue weighted by atomic mass is 16.6. The van der Waals surface area contributed by atoms with Crippen molar-refractivity contribution in [2.75, 3.05) is 6.54 Å². The lowest BCUT2D eigenvalue weighted by molar-refractivity contribution is 0.0488. The van der Waals surface area contributed by atoms with E-state index in [1.165, 1.54) is 12.8 Å². The molecule has 1 aliphatic rings. The SMILES string of the molecule is CCC(C)(C)CNC1CCCC(NC(=O)OC(C)(C)C)C1. The standard InChI is InChI=1S/C17H34N2O2/c1-7-17(5,6)12-18-13-9-8-10-14(11-13)19-15(20)21-16(2,3)4/h13-14,18H,7-12H2,1-6H3,(H,19,20). The van der Waals surface area contributed by atoms with Crippen LogP contribution in [0.1, 0.15) is 73.6 Å². The summed E-state index contributed by atoms with van der Waals surface area (Å²) in [6, 6.07) is 0.736. The minimum absolute atomic E-state index is 0.232. The molecule has 0 aromatic rings. The van der Waals surface area contributed by atoms with Gasteiger partial charge in [0, 0.05) is 18.6 Å². The maximum absolute atomic E-state index is 11.8. The van der Waals surface area contributed by atoms with Crippen molar-refractivity contribution in [3.63, 3.8) is 0 Å². The average molecular weight is 298 g/mol. The van der Waals surface area contributed by atoms with E-state index in [2.05, 4.69) is 31.4 Å². The van der Waals surface area contributed by atoms with Crippen molar-refractivity contribution in [3.8, 4) is 0 Å². The Hall–Kier alpha value is -0.770. The summed E-state index contributed by atoms with van der Waals surface area (Å²) in [4.78, 5) is 11.8. The van der Waals surface area contributed by atoms with Crippen LogP contribution < -0.4 is 10.6 Å². The molecule has 0 aliphatic heterocycles. The second kappa shape index (κ2) is 7.48. The zero-order valence-corrected chi connectivity index (χ0v) is 14.7. The van der Waals surface area contributed by atoms with Crippen molar-refractivity contribution in [2.24, 2.45) is 5.41 Å². The molecule has 4 nitrogen and oxygen atoms in total. The molecule has 1 amide bonds. The van der Waals surface area contributed by atoms with Gasteiger partial charge in [-0.25, -0.2) is 4.79 Å². The zero-order chi connectivity index (χ0) is 16.1. The van der Waals surface area contributed by atoms with Crippen LogP contribution in [0.5, 0.6) is 0 Å². The molecule has 2 atom stereocenters. The van der Waals surface area contributed by atoms with E-state index in [4.69, 9.17) is 4.74 Å². The summed E-state index contributed by atoms with van der Waals surface area (Å²) in [5, 5.41) is 6.69. The van der Waals surface area contributed by atoms with Crippen molar-refractivity contribution >= 4 is 6.09 Å². The Morgan fingerprint density at radius 2 is 1.76 bits per heavy atom. The normalized spacial score (nSPS) is 23.7. The summed E-state index contributed by atoms with van der Waals surface area (Å²) < 4.78 is 5.34. The first-order chi connectivity index (χ1) is 9.61. The van der Waals surface area contributed by atoms with Gasteiger partial charge in [-0.2, -0.15) is 0 Å². The molecular weight excluding hydrogens is 264 g/mol. The molecule has 1 rings (SSSR count). The molecule has 21 heavy (non-hydrogen) atoms. The van der Waals surface area contributed by atoms with Crippen LogP contribution in [-0.4, -0.2) is 30.3 Å². The fourth-order valence-corrected chi connectivity index (χ4v) is 2.53. The van der Waals surface area contributed by atoms with Gasteiger partial charge in [-0.05, 0) is 58.3 Å². The highest BCUT2D eigenvalue weighted by Gasteiger charge is 2.26. The van der Waals surface area contributed by atoms with E-state index in [0.717, 1.165) is 25.8 Å². The van der Waals surface area contributed by atoms with E-state index in [1.54, 1.807) is 0 Å². The zero-order valence-electron chi connectivity index (χ0n) is 14.7. The minimum Gasteiger partial charge on any atom is -0.444 e. The van der Waals surface area contributed by atoms with E-state index in [1.807, 2.05) is 20.8 Å². The molecule has 0 radical (unpaired) electrons. The first-order valence-corrected chi connectivity index (χ1v) is 8.34. The quantitative estimate of drug-likeness (QED) is 0.810. The third-order valence-electron chi connectivity index (χ3n) is 4.22. The Kier molecular flexibility index (Phi) is 6.51. The molecule has 2 N–H and O–H groups in total. The van der Waals surface area contributed by atoms with Gasteiger partial charge in [0.25, 0.3) is 0 Å². The Labute approximate surface area is 130 Å². The molecule has 1 aliphatic carbocycles. The number of amides is 1. The molecule has 124 valence electrons. The van der Waals surface area contributed by atoms with Crippen molar-refractivity contribution < 1.29 is 9.53 Å². The first kappa shape index (κ1) is 18.3.